The number of carbonyl (C=O) groups excluding carboxylic acids is 1. The van der Waals surface area contributed by atoms with Crippen molar-refractivity contribution in [3.63, 3.8) is 0 Å². The van der Waals surface area contributed by atoms with E-state index in [1.807, 2.05) is 37.4 Å². The molecule has 9 nitrogen and oxygen atoms in total. The normalized spacial score (nSPS) is 18.9. The molecule has 2 aromatic heterocycles. The zero-order valence-corrected chi connectivity index (χ0v) is 17.3. The van der Waals surface area contributed by atoms with Gasteiger partial charge < -0.3 is 15.2 Å². The number of likely N-dealkylation sites (tertiary alicyclic amines) is 1. The van der Waals surface area contributed by atoms with Crippen molar-refractivity contribution in [1.82, 2.24) is 24.4 Å². The maximum atomic E-state index is 12.5. The van der Waals surface area contributed by atoms with Gasteiger partial charge in [-0.1, -0.05) is 6.07 Å². The largest absolute Gasteiger partial charge is 0.454 e. The Balaban J connectivity index is 1.43. The number of aryl methyl sites for hydroxylation is 1. The first-order valence-corrected chi connectivity index (χ1v) is 10.4. The fourth-order valence-electron chi connectivity index (χ4n) is 4.39. The van der Waals surface area contributed by atoms with Crippen LogP contribution in [0.4, 0.5) is 0 Å². The smallest absolute Gasteiger partial charge is 0.235 e. The number of fused-ring (bicyclic) bond motifs is 1. The summed E-state index contributed by atoms with van der Waals surface area (Å²) < 4.78 is 12.7. The average Bonchev–Trinajstić information content (AvgIpc) is 3.52. The van der Waals surface area contributed by atoms with Crippen LogP contribution in [0, 0.1) is 6.92 Å². The van der Waals surface area contributed by atoms with E-state index in [0.29, 0.717) is 18.1 Å². The lowest BCUT2D eigenvalue weighted by atomic mass is 10.0. The molecular weight excluding hydrogens is 396 g/mol. The number of hydrogen-bond donors (Lipinski definition) is 1. The molecule has 160 valence electrons. The summed E-state index contributed by atoms with van der Waals surface area (Å²) in [5, 5.41) is 0. The molecule has 0 spiro atoms. The Hall–Kier alpha value is -3.46. The number of nitrogens with zero attached hydrogens (tertiary/aromatic N) is 5. The zero-order chi connectivity index (χ0) is 21.4. The first-order valence-electron chi connectivity index (χ1n) is 10.4. The third kappa shape index (κ3) is 3.84. The highest BCUT2D eigenvalue weighted by molar-refractivity contribution is 5.80. The first kappa shape index (κ1) is 19.5. The Morgan fingerprint density at radius 1 is 1.26 bits per heavy atom. The SMILES string of the molecule is Cc1cc(C2CCCN2C(Cc2ccc3c(c2)OCO3)C(N)=O)nc(-n2ccnc2)n1. The maximum absolute atomic E-state index is 12.5. The van der Waals surface area contributed by atoms with Crippen LogP contribution in [0.1, 0.15) is 35.8 Å². The Kier molecular flexibility index (Phi) is 5.03. The summed E-state index contributed by atoms with van der Waals surface area (Å²) in [4.78, 5) is 28.1. The van der Waals surface area contributed by atoms with Gasteiger partial charge in [-0.05, 0) is 56.5 Å². The van der Waals surface area contributed by atoms with Gasteiger partial charge in [-0.15, -0.1) is 0 Å². The number of primary amides is 1. The van der Waals surface area contributed by atoms with Crippen LogP contribution < -0.4 is 15.2 Å². The number of ether oxygens (including phenoxy) is 2. The summed E-state index contributed by atoms with van der Waals surface area (Å²) in [7, 11) is 0. The van der Waals surface area contributed by atoms with Crippen LogP contribution >= 0.6 is 0 Å². The third-order valence-corrected chi connectivity index (χ3v) is 5.83. The van der Waals surface area contributed by atoms with Gasteiger partial charge in [-0.2, -0.15) is 0 Å². The van der Waals surface area contributed by atoms with Gasteiger partial charge in [0.15, 0.2) is 11.5 Å². The lowest BCUT2D eigenvalue weighted by molar-refractivity contribution is -0.123. The van der Waals surface area contributed by atoms with Gasteiger partial charge in [0.25, 0.3) is 0 Å². The second-order valence-corrected chi connectivity index (χ2v) is 7.91. The van der Waals surface area contributed by atoms with Crippen molar-refractivity contribution in [2.45, 2.75) is 38.3 Å². The van der Waals surface area contributed by atoms with E-state index in [1.165, 1.54) is 0 Å². The fourth-order valence-corrected chi connectivity index (χ4v) is 4.39. The van der Waals surface area contributed by atoms with Crippen molar-refractivity contribution < 1.29 is 14.3 Å². The standard InChI is InChI=1S/C22H24N6O3/c1-14-9-16(26-22(25-14)27-8-6-24-12-27)17-3-2-7-28(17)18(21(23)29)10-15-4-5-19-20(11-15)31-13-30-19/h4-6,8-9,11-12,17-18H,2-3,7,10,13H2,1H3,(H2,23,29). The van der Waals surface area contributed by atoms with Crippen LogP contribution in [0.3, 0.4) is 0 Å². The molecule has 1 amide bonds. The number of amides is 1. The summed E-state index contributed by atoms with van der Waals surface area (Å²) >= 11 is 0. The molecule has 0 bridgehead atoms. The quantitative estimate of drug-likeness (QED) is 0.649. The Morgan fingerprint density at radius 2 is 2.13 bits per heavy atom. The number of hydrogen-bond acceptors (Lipinski definition) is 7. The second-order valence-electron chi connectivity index (χ2n) is 7.91. The average molecular weight is 420 g/mol. The number of benzene rings is 1. The van der Waals surface area contributed by atoms with Crippen LogP contribution in [0.25, 0.3) is 5.95 Å². The van der Waals surface area contributed by atoms with Gasteiger partial charge in [-0.3, -0.25) is 14.3 Å². The highest BCUT2D eigenvalue weighted by Crippen LogP contribution is 2.36. The minimum absolute atomic E-state index is 0.00418. The molecule has 2 N–H and O–H groups in total. The number of carbonyl (C=O) groups is 1. The van der Waals surface area contributed by atoms with Crippen LogP contribution in [0.15, 0.2) is 43.0 Å². The van der Waals surface area contributed by atoms with E-state index >= 15 is 0 Å². The highest BCUT2D eigenvalue weighted by atomic mass is 16.7. The molecule has 9 heteroatoms. The van der Waals surface area contributed by atoms with Crippen molar-refractivity contribution in [2.24, 2.45) is 5.73 Å². The molecular formula is C22H24N6O3. The molecule has 31 heavy (non-hydrogen) atoms. The topological polar surface area (TPSA) is 108 Å². The molecule has 2 aliphatic heterocycles. The highest BCUT2D eigenvalue weighted by Gasteiger charge is 2.36. The van der Waals surface area contributed by atoms with Crippen LogP contribution in [0.2, 0.25) is 0 Å². The van der Waals surface area contributed by atoms with Gasteiger partial charge in [0.2, 0.25) is 18.6 Å². The molecule has 5 rings (SSSR count). The maximum Gasteiger partial charge on any atom is 0.235 e. The number of imidazole rings is 1. The van der Waals surface area contributed by atoms with E-state index < -0.39 is 6.04 Å². The predicted octanol–water partition coefficient (Wildman–Crippen LogP) is 1.93. The van der Waals surface area contributed by atoms with Gasteiger partial charge in [0.1, 0.15) is 6.33 Å². The van der Waals surface area contributed by atoms with E-state index in [1.54, 1.807) is 17.1 Å². The van der Waals surface area contributed by atoms with Crippen molar-refractivity contribution in [3.8, 4) is 17.4 Å². The van der Waals surface area contributed by atoms with E-state index in [0.717, 1.165) is 42.1 Å². The van der Waals surface area contributed by atoms with E-state index in [9.17, 15) is 4.79 Å². The molecule has 0 aliphatic carbocycles. The lowest BCUT2D eigenvalue weighted by Gasteiger charge is -2.31. The van der Waals surface area contributed by atoms with Gasteiger partial charge in [0, 0.05) is 18.1 Å². The van der Waals surface area contributed by atoms with Crippen LogP contribution in [-0.4, -0.2) is 49.7 Å². The van der Waals surface area contributed by atoms with E-state index in [2.05, 4.69) is 14.9 Å². The number of nitrogens with two attached hydrogens (primary N) is 1. The molecule has 0 radical (unpaired) electrons. The molecule has 1 aromatic carbocycles. The summed E-state index contributed by atoms with van der Waals surface area (Å²) in [6.45, 7) is 2.95. The Bertz CT molecular complexity index is 1100. The van der Waals surface area contributed by atoms with Crippen LogP contribution in [-0.2, 0) is 11.2 Å². The van der Waals surface area contributed by atoms with Gasteiger partial charge >= 0.3 is 0 Å². The monoisotopic (exact) mass is 420 g/mol. The Labute approximate surface area is 179 Å². The van der Waals surface area contributed by atoms with Crippen molar-refractivity contribution in [1.29, 1.82) is 0 Å². The van der Waals surface area contributed by atoms with Gasteiger partial charge in [-0.25, -0.2) is 15.0 Å². The molecule has 2 unspecified atom stereocenters. The molecule has 2 atom stereocenters. The number of aromatic nitrogens is 4. The third-order valence-electron chi connectivity index (χ3n) is 5.83. The first-order chi connectivity index (χ1) is 15.1. The van der Waals surface area contributed by atoms with Gasteiger partial charge in [0.05, 0.1) is 17.8 Å². The zero-order valence-electron chi connectivity index (χ0n) is 17.3. The summed E-state index contributed by atoms with van der Waals surface area (Å²) in [6, 6.07) is 7.30. The van der Waals surface area contributed by atoms with Crippen LogP contribution in [0.5, 0.6) is 11.5 Å². The number of rotatable bonds is 6. The lowest BCUT2D eigenvalue weighted by Crippen LogP contribution is -2.46. The molecule has 2 aliphatic rings. The van der Waals surface area contributed by atoms with Crippen molar-refractivity contribution in [2.75, 3.05) is 13.3 Å². The minimum atomic E-state index is -0.445. The molecule has 4 heterocycles. The minimum Gasteiger partial charge on any atom is -0.454 e. The summed E-state index contributed by atoms with van der Waals surface area (Å²) in [5.41, 5.74) is 8.62. The summed E-state index contributed by atoms with van der Waals surface area (Å²) in [6.07, 6.45) is 7.57. The predicted molar refractivity (Wildman–Crippen MR) is 112 cm³/mol. The van der Waals surface area contributed by atoms with Crippen molar-refractivity contribution >= 4 is 5.91 Å². The van der Waals surface area contributed by atoms with E-state index in [4.69, 9.17) is 20.2 Å². The molecule has 1 fully saturated rings. The molecule has 1 saturated heterocycles. The van der Waals surface area contributed by atoms with Crippen molar-refractivity contribution in [3.05, 3.63) is 59.9 Å². The summed E-state index contributed by atoms with van der Waals surface area (Å²) in [5.74, 6) is 1.66. The van der Waals surface area contributed by atoms with E-state index in [-0.39, 0.29) is 18.7 Å². The Morgan fingerprint density at radius 3 is 2.94 bits per heavy atom. The molecule has 3 aromatic rings. The fraction of sp³-hybridized carbons (Fsp3) is 0.364. The second kappa shape index (κ2) is 7.99. The molecule has 0 saturated carbocycles.